The van der Waals surface area contributed by atoms with Gasteiger partial charge >= 0.3 is 5.97 Å². The molecule has 0 bridgehead atoms. The molecule has 1 fully saturated rings. The Labute approximate surface area is 199 Å². The van der Waals surface area contributed by atoms with E-state index in [9.17, 15) is 9.59 Å². The predicted octanol–water partition coefficient (Wildman–Crippen LogP) is 3.12. The predicted molar refractivity (Wildman–Crippen MR) is 132 cm³/mol. The lowest BCUT2D eigenvalue weighted by molar-refractivity contribution is -0.134. The van der Waals surface area contributed by atoms with E-state index in [1.807, 2.05) is 42.5 Å². The first-order valence-corrected chi connectivity index (χ1v) is 12.0. The fourth-order valence-corrected chi connectivity index (χ4v) is 4.89. The summed E-state index contributed by atoms with van der Waals surface area (Å²) in [7, 11) is 0. The SMILES string of the molecule is CCN1CCc2nc3ccccc3c(C(=O)OCC(=O)N3CCN(c4ccccc4)CC3)c2C1. The van der Waals surface area contributed by atoms with Gasteiger partial charge in [-0.15, -0.1) is 0 Å². The number of pyridine rings is 1. The normalized spacial score (nSPS) is 16.4. The molecule has 0 atom stereocenters. The Balaban J connectivity index is 1.28. The van der Waals surface area contributed by atoms with Crippen molar-refractivity contribution >= 4 is 28.5 Å². The zero-order valence-electron chi connectivity index (χ0n) is 19.6. The highest BCUT2D eigenvalue weighted by molar-refractivity contribution is 6.05. The summed E-state index contributed by atoms with van der Waals surface area (Å²) in [5.41, 5.74) is 4.40. The second-order valence-corrected chi connectivity index (χ2v) is 8.83. The third kappa shape index (κ3) is 4.48. The van der Waals surface area contributed by atoms with Crippen LogP contribution in [0.2, 0.25) is 0 Å². The Kier molecular flexibility index (Phi) is 6.45. The minimum atomic E-state index is -0.441. The lowest BCUT2D eigenvalue weighted by Crippen LogP contribution is -2.49. The van der Waals surface area contributed by atoms with Crippen LogP contribution in [-0.2, 0) is 22.5 Å². The van der Waals surface area contributed by atoms with Gasteiger partial charge in [0.2, 0.25) is 0 Å². The smallest absolute Gasteiger partial charge is 0.339 e. The molecule has 0 saturated carbocycles. The quantitative estimate of drug-likeness (QED) is 0.548. The number of esters is 1. The van der Waals surface area contributed by atoms with Crippen LogP contribution in [0.4, 0.5) is 5.69 Å². The van der Waals surface area contributed by atoms with Crippen LogP contribution in [0.3, 0.4) is 0 Å². The summed E-state index contributed by atoms with van der Waals surface area (Å²) in [6.07, 6.45) is 0.804. The number of hydrogen-bond donors (Lipinski definition) is 0. The molecule has 2 aromatic carbocycles. The fourth-order valence-electron chi connectivity index (χ4n) is 4.89. The highest BCUT2D eigenvalue weighted by Crippen LogP contribution is 2.28. The summed E-state index contributed by atoms with van der Waals surface area (Å²) < 4.78 is 5.61. The zero-order valence-corrected chi connectivity index (χ0v) is 19.6. The zero-order chi connectivity index (χ0) is 23.5. The maximum absolute atomic E-state index is 13.3. The van der Waals surface area contributed by atoms with Crippen molar-refractivity contribution < 1.29 is 14.3 Å². The molecule has 34 heavy (non-hydrogen) atoms. The van der Waals surface area contributed by atoms with Crippen molar-refractivity contribution in [1.82, 2.24) is 14.8 Å². The molecular formula is C27H30N4O3. The molecule has 0 radical (unpaired) electrons. The molecule has 7 heteroatoms. The van der Waals surface area contributed by atoms with E-state index in [2.05, 4.69) is 28.9 Å². The highest BCUT2D eigenvalue weighted by Gasteiger charge is 2.27. The summed E-state index contributed by atoms with van der Waals surface area (Å²) in [6, 6.07) is 17.9. The summed E-state index contributed by atoms with van der Waals surface area (Å²) in [5.74, 6) is -0.590. The van der Waals surface area contributed by atoms with Gasteiger partial charge in [-0.25, -0.2) is 4.79 Å². The number of carbonyl (C=O) groups excluding carboxylic acids is 2. The molecule has 0 spiro atoms. The summed E-state index contributed by atoms with van der Waals surface area (Å²) in [4.78, 5) is 37.3. The lowest BCUT2D eigenvalue weighted by Gasteiger charge is -2.36. The number of para-hydroxylation sites is 2. The summed E-state index contributed by atoms with van der Waals surface area (Å²) in [6.45, 7) is 7.14. The number of hydrogen-bond acceptors (Lipinski definition) is 6. The monoisotopic (exact) mass is 458 g/mol. The number of carbonyl (C=O) groups is 2. The molecule has 3 aromatic rings. The minimum absolute atomic E-state index is 0.150. The van der Waals surface area contributed by atoms with Crippen LogP contribution < -0.4 is 4.90 Å². The van der Waals surface area contributed by atoms with Crippen molar-refractivity contribution in [2.45, 2.75) is 19.9 Å². The van der Waals surface area contributed by atoms with E-state index < -0.39 is 5.97 Å². The summed E-state index contributed by atoms with van der Waals surface area (Å²) in [5, 5.41) is 0.785. The van der Waals surface area contributed by atoms with Crippen molar-refractivity contribution in [3.63, 3.8) is 0 Å². The number of piperazine rings is 1. The number of amides is 1. The van der Waals surface area contributed by atoms with Crippen molar-refractivity contribution in [2.75, 3.05) is 50.8 Å². The number of likely N-dealkylation sites (N-methyl/N-ethyl adjacent to an activating group) is 1. The van der Waals surface area contributed by atoms with E-state index in [0.29, 0.717) is 25.2 Å². The van der Waals surface area contributed by atoms with Crippen LogP contribution in [-0.4, -0.2) is 72.5 Å². The van der Waals surface area contributed by atoms with Crippen molar-refractivity contribution in [1.29, 1.82) is 0 Å². The van der Waals surface area contributed by atoms with E-state index in [0.717, 1.165) is 60.4 Å². The van der Waals surface area contributed by atoms with Gasteiger partial charge in [0.1, 0.15) is 0 Å². The number of nitrogens with zero attached hydrogens (tertiary/aromatic N) is 4. The third-order valence-electron chi connectivity index (χ3n) is 6.86. The van der Waals surface area contributed by atoms with Crippen molar-refractivity contribution in [3.8, 4) is 0 Å². The Morgan fingerprint density at radius 3 is 2.44 bits per heavy atom. The first kappa shape index (κ1) is 22.3. The minimum Gasteiger partial charge on any atom is -0.452 e. The van der Waals surface area contributed by atoms with Crippen LogP contribution in [0.15, 0.2) is 54.6 Å². The molecule has 0 aliphatic carbocycles. The van der Waals surface area contributed by atoms with Crippen LogP contribution in [0.5, 0.6) is 0 Å². The van der Waals surface area contributed by atoms with Gasteiger partial charge < -0.3 is 14.5 Å². The van der Waals surface area contributed by atoms with Gasteiger partial charge in [-0.2, -0.15) is 0 Å². The number of aromatic nitrogens is 1. The first-order chi connectivity index (χ1) is 16.6. The van der Waals surface area contributed by atoms with E-state index in [1.165, 1.54) is 0 Å². The maximum Gasteiger partial charge on any atom is 0.339 e. The number of fused-ring (bicyclic) bond motifs is 2. The second-order valence-electron chi connectivity index (χ2n) is 8.83. The van der Waals surface area contributed by atoms with Crippen LogP contribution >= 0.6 is 0 Å². The number of rotatable bonds is 5. The molecule has 2 aliphatic heterocycles. The van der Waals surface area contributed by atoms with E-state index in [4.69, 9.17) is 9.72 Å². The molecular weight excluding hydrogens is 428 g/mol. The standard InChI is InChI=1S/C27H30N4O3/c1-2-29-13-12-24-22(18-29)26(21-10-6-7-11-23(21)28-24)27(33)34-19-25(32)31-16-14-30(15-17-31)20-8-4-3-5-9-20/h3-11H,2,12-19H2,1H3. The largest absolute Gasteiger partial charge is 0.452 e. The third-order valence-corrected chi connectivity index (χ3v) is 6.86. The van der Waals surface area contributed by atoms with Crippen LogP contribution in [0.25, 0.3) is 10.9 Å². The molecule has 0 unspecified atom stereocenters. The number of ether oxygens (including phenoxy) is 1. The Hall–Kier alpha value is -3.45. The van der Waals surface area contributed by atoms with Crippen molar-refractivity contribution in [3.05, 3.63) is 71.4 Å². The Morgan fingerprint density at radius 1 is 0.941 bits per heavy atom. The average Bonchev–Trinajstić information content (AvgIpc) is 2.90. The molecule has 176 valence electrons. The van der Waals surface area contributed by atoms with Gasteiger partial charge in [-0.3, -0.25) is 14.7 Å². The van der Waals surface area contributed by atoms with Gasteiger partial charge in [-0.05, 0) is 24.7 Å². The van der Waals surface area contributed by atoms with E-state index in [-0.39, 0.29) is 12.5 Å². The van der Waals surface area contributed by atoms with Crippen LogP contribution in [0.1, 0.15) is 28.5 Å². The first-order valence-electron chi connectivity index (χ1n) is 12.0. The molecule has 7 nitrogen and oxygen atoms in total. The number of benzene rings is 2. The van der Waals surface area contributed by atoms with Gasteiger partial charge in [0.25, 0.3) is 5.91 Å². The Morgan fingerprint density at radius 2 is 1.68 bits per heavy atom. The lowest BCUT2D eigenvalue weighted by atomic mass is 9.96. The van der Waals surface area contributed by atoms with Gasteiger partial charge in [0, 0.05) is 68.0 Å². The average molecular weight is 459 g/mol. The van der Waals surface area contributed by atoms with Gasteiger partial charge in [0.15, 0.2) is 6.61 Å². The van der Waals surface area contributed by atoms with Gasteiger partial charge in [0.05, 0.1) is 11.1 Å². The highest BCUT2D eigenvalue weighted by atomic mass is 16.5. The van der Waals surface area contributed by atoms with Crippen LogP contribution in [0, 0.1) is 0 Å². The molecule has 1 amide bonds. The summed E-state index contributed by atoms with van der Waals surface area (Å²) >= 11 is 0. The molecule has 5 rings (SSSR count). The second kappa shape index (κ2) is 9.81. The fraction of sp³-hybridized carbons (Fsp3) is 0.370. The molecule has 0 N–H and O–H groups in total. The molecule has 1 saturated heterocycles. The van der Waals surface area contributed by atoms with Crippen molar-refractivity contribution in [2.24, 2.45) is 0 Å². The molecule has 1 aromatic heterocycles. The van der Waals surface area contributed by atoms with E-state index in [1.54, 1.807) is 4.90 Å². The number of anilines is 1. The molecule has 2 aliphatic rings. The van der Waals surface area contributed by atoms with E-state index >= 15 is 0 Å². The Bertz CT molecular complexity index is 1190. The van der Waals surface area contributed by atoms with Gasteiger partial charge in [-0.1, -0.05) is 43.3 Å². The topological polar surface area (TPSA) is 66.0 Å². The maximum atomic E-state index is 13.3. The molecule has 3 heterocycles.